The number of rotatable bonds is 3. The van der Waals surface area contributed by atoms with E-state index < -0.39 is 4.92 Å². The topological polar surface area (TPSA) is 122 Å². The molecule has 2 aliphatic heterocycles. The third-order valence-electron chi connectivity index (χ3n) is 6.10. The van der Waals surface area contributed by atoms with Gasteiger partial charge in [-0.3, -0.25) is 10.1 Å². The van der Waals surface area contributed by atoms with Gasteiger partial charge in [-0.1, -0.05) is 27.7 Å². The number of nitrogens with two attached hydrogens (primary N) is 1. The third-order valence-corrected chi connectivity index (χ3v) is 6.10. The fourth-order valence-electron chi connectivity index (χ4n) is 4.96. The van der Waals surface area contributed by atoms with Crippen molar-refractivity contribution >= 4 is 23.0 Å². The number of hydrogen-bond donors (Lipinski definition) is 2. The summed E-state index contributed by atoms with van der Waals surface area (Å²) in [5.74, 6) is 4.71. The van der Waals surface area contributed by atoms with Gasteiger partial charge in [0, 0.05) is 39.4 Å². The van der Waals surface area contributed by atoms with Gasteiger partial charge >= 0.3 is 0 Å². The molecule has 9 nitrogen and oxygen atoms in total. The highest BCUT2D eigenvalue weighted by atomic mass is 16.6. The Hall–Kier alpha value is -2.94. The summed E-state index contributed by atoms with van der Waals surface area (Å²) < 4.78 is 0. The van der Waals surface area contributed by atoms with Crippen LogP contribution < -0.4 is 15.5 Å². The number of anilines is 3. The van der Waals surface area contributed by atoms with Crippen molar-refractivity contribution in [1.29, 1.82) is 0 Å². The number of aromatic nitrogens is 2. The molecule has 0 aliphatic carbocycles. The van der Waals surface area contributed by atoms with Gasteiger partial charge in [0.2, 0.25) is 0 Å². The quantitative estimate of drug-likeness (QED) is 0.503. The molecular formula is C25H40N6O3. The number of nitro groups is 1. The molecule has 0 amide bonds. The predicted molar refractivity (Wildman–Crippen MR) is 138 cm³/mol. The van der Waals surface area contributed by atoms with Crippen LogP contribution in [0, 0.1) is 33.8 Å². The van der Waals surface area contributed by atoms with E-state index in [1.165, 1.54) is 25.1 Å². The second kappa shape index (κ2) is 13.1. The lowest BCUT2D eigenvalue weighted by atomic mass is 9.92. The fourth-order valence-corrected chi connectivity index (χ4v) is 4.96. The predicted octanol–water partition coefficient (Wildman–Crippen LogP) is 4.23. The van der Waals surface area contributed by atoms with Crippen LogP contribution in [0.5, 0.6) is 0 Å². The number of hydrogen-bond acceptors (Lipinski definition) is 8. The van der Waals surface area contributed by atoms with Crippen molar-refractivity contribution in [1.82, 2.24) is 9.97 Å². The fraction of sp³-hybridized carbons (Fsp3) is 0.600. The molecule has 0 saturated carbocycles. The summed E-state index contributed by atoms with van der Waals surface area (Å²) in [6, 6.07) is 7.20. The molecule has 0 spiro atoms. The molecule has 34 heavy (non-hydrogen) atoms. The lowest BCUT2D eigenvalue weighted by Gasteiger charge is -2.35. The molecule has 188 valence electrons. The van der Waals surface area contributed by atoms with Gasteiger partial charge in [0.15, 0.2) is 0 Å². The molecule has 0 unspecified atom stereocenters. The highest BCUT2D eigenvalue weighted by Gasteiger charge is 2.23. The first-order valence-electron chi connectivity index (χ1n) is 12.0. The van der Waals surface area contributed by atoms with Crippen LogP contribution in [0.1, 0.15) is 40.5 Å². The van der Waals surface area contributed by atoms with E-state index >= 15 is 0 Å². The average molecular weight is 473 g/mol. The van der Waals surface area contributed by atoms with E-state index in [0.29, 0.717) is 11.8 Å². The highest BCUT2D eigenvalue weighted by Crippen LogP contribution is 2.26. The van der Waals surface area contributed by atoms with Crippen molar-refractivity contribution in [2.24, 2.45) is 23.7 Å². The van der Waals surface area contributed by atoms with Crippen molar-refractivity contribution < 1.29 is 10.0 Å². The standard InChI is InChI=1S/C12H17N3O2.C12H19N3.CH4O/c1-9-5-10(2)8-14(7-9)12-4-3-11(6-13-12)15(16)17;1-9-5-10(2)8-15(7-9)12-4-3-11(13)6-14-12;1-2/h3-4,6,9-10H,5,7-8H2,1-2H3;3-4,6,9-10H,5,7-8,13H2,1-2H3;2H,1H3/t2*9-,10-;/m11./s1. The van der Waals surface area contributed by atoms with Crippen LogP contribution in [0.3, 0.4) is 0 Å². The van der Waals surface area contributed by atoms with Gasteiger partial charge in [-0.15, -0.1) is 0 Å². The van der Waals surface area contributed by atoms with Crippen molar-refractivity contribution in [2.75, 3.05) is 48.8 Å². The van der Waals surface area contributed by atoms with Crippen molar-refractivity contribution in [3.05, 3.63) is 46.8 Å². The summed E-state index contributed by atoms with van der Waals surface area (Å²) >= 11 is 0. The van der Waals surface area contributed by atoms with E-state index in [4.69, 9.17) is 10.8 Å². The first kappa shape index (κ1) is 27.3. The zero-order chi connectivity index (χ0) is 25.3. The van der Waals surface area contributed by atoms with Crippen LogP contribution in [0.2, 0.25) is 0 Å². The number of aliphatic hydroxyl groups is 1. The van der Waals surface area contributed by atoms with Crippen LogP contribution in [0.4, 0.5) is 23.0 Å². The summed E-state index contributed by atoms with van der Waals surface area (Å²) in [6.45, 7) is 13.3. The van der Waals surface area contributed by atoms with Crippen LogP contribution in [0.25, 0.3) is 0 Å². The number of nitrogens with zero attached hydrogens (tertiary/aromatic N) is 5. The summed E-state index contributed by atoms with van der Waals surface area (Å²) in [4.78, 5) is 23.2. The van der Waals surface area contributed by atoms with Crippen molar-refractivity contribution in [3.63, 3.8) is 0 Å². The minimum absolute atomic E-state index is 0.0480. The first-order valence-corrected chi connectivity index (χ1v) is 12.0. The lowest BCUT2D eigenvalue weighted by Crippen LogP contribution is -2.39. The molecule has 4 rings (SSSR count). The van der Waals surface area contributed by atoms with E-state index in [9.17, 15) is 10.1 Å². The van der Waals surface area contributed by atoms with E-state index in [-0.39, 0.29) is 5.69 Å². The second-order valence-electron chi connectivity index (χ2n) is 9.78. The number of nitrogen functional groups attached to an aromatic ring is 1. The summed E-state index contributed by atoms with van der Waals surface area (Å²) in [5, 5.41) is 17.5. The molecule has 0 bridgehead atoms. The van der Waals surface area contributed by atoms with E-state index in [1.54, 1.807) is 12.3 Å². The Morgan fingerprint density at radius 3 is 1.56 bits per heavy atom. The smallest absolute Gasteiger partial charge is 0.287 e. The van der Waals surface area contributed by atoms with E-state index in [0.717, 1.165) is 62.4 Å². The number of aliphatic hydroxyl groups excluding tert-OH is 1. The summed E-state index contributed by atoms with van der Waals surface area (Å²) in [5.41, 5.74) is 6.41. The molecule has 9 heteroatoms. The van der Waals surface area contributed by atoms with Crippen molar-refractivity contribution in [3.8, 4) is 0 Å². The average Bonchev–Trinajstić information content (AvgIpc) is 2.80. The maximum Gasteiger partial charge on any atom is 0.287 e. The van der Waals surface area contributed by atoms with Crippen LogP contribution >= 0.6 is 0 Å². The van der Waals surface area contributed by atoms with Crippen LogP contribution in [-0.4, -0.2) is 53.3 Å². The Morgan fingerprint density at radius 1 is 0.824 bits per heavy atom. The molecule has 2 saturated heterocycles. The minimum Gasteiger partial charge on any atom is -0.400 e. The molecular weight excluding hydrogens is 432 g/mol. The van der Waals surface area contributed by atoms with Gasteiger partial charge < -0.3 is 20.6 Å². The molecule has 0 aromatic carbocycles. The molecule has 4 atom stereocenters. The zero-order valence-electron chi connectivity index (χ0n) is 21.1. The second-order valence-corrected chi connectivity index (χ2v) is 9.78. The van der Waals surface area contributed by atoms with E-state index in [2.05, 4.69) is 47.5 Å². The molecule has 2 aromatic rings. The Morgan fingerprint density at radius 2 is 1.24 bits per heavy atom. The molecule has 4 heterocycles. The van der Waals surface area contributed by atoms with Gasteiger partial charge in [-0.2, -0.15) is 0 Å². The number of pyridine rings is 2. The molecule has 3 N–H and O–H groups in total. The minimum atomic E-state index is -0.418. The zero-order valence-corrected chi connectivity index (χ0v) is 21.1. The molecule has 0 radical (unpaired) electrons. The maximum absolute atomic E-state index is 10.5. The van der Waals surface area contributed by atoms with Crippen LogP contribution in [0.15, 0.2) is 36.7 Å². The molecule has 2 aromatic heterocycles. The van der Waals surface area contributed by atoms with Gasteiger partial charge in [0.05, 0.1) is 16.8 Å². The lowest BCUT2D eigenvalue weighted by molar-refractivity contribution is -0.385. The Balaban J connectivity index is 0.000000225. The Kier molecular flexibility index (Phi) is 10.5. The Labute approximate surface area is 203 Å². The first-order chi connectivity index (χ1) is 16.2. The normalized spacial score (nSPS) is 24.3. The van der Waals surface area contributed by atoms with Crippen molar-refractivity contribution in [2.45, 2.75) is 40.5 Å². The van der Waals surface area contributed by atoms with Crippen LogP contribution in [-0.2, 0) is 0 Å². The molecule has 2 aliphatic rings. The molecule has 2 fully saturated rings. The van der Waals surface area contributed by atoms with E-state index in [1.807, 2.05) is 12.1 Å². The monoisotopic (exact) mass is 472 g/mol. The summed E-state index contributed by atoms with van der Waals surface area (Å²) in [7, 11) is 1.00. The highest BCUT2D eigenvalue weighted by molar-refractivity contribution is 5.46. The third kappa shape index (κ3) is 8.13. The maximum atomic E-state index is 10.5. The Bertz CT molecular complexity index is 857. The summed E-state index contributed by atoms with van der Waals surface area (Å²) in [6.07, 6.45) is 5.63. The number of piperidine rings is 2. The van der Waals surface area contributed by atoms with Gasteiger partial charge in [0.1, 0.15) is 17.8 Å². The van der Waals surface area contributed by atoms with Gasteiger partial charge in [-0.05, 0) is 54.7 Å². The SMILES string of the molecule is CO.C[C@@H]1C[C@@H](C)CN(c2ccc(N)cn2)C1.C[C@@H]1C[C@@H](C)CN(c2ccc([N+](=O)[O-])cn2)C1. The largest absolute Gasteiger partial charge is 0.400 e. The van der Waals surface area contributed by atoms with Gasteiger partial charge in [-0.25, -0.2) is 9.97 Å². The van der Waals surface area contributed by atoms with Gasteiger partial charge in [0.25, 0.3) is 5.69 Å².